The molecule has 16 nitrogen and oxygen atoms in total. The van der Waals surface area contributed by atoms with Gasteiger partial charge in [0.05, 0.1) is 17.9 Å². The number of hydrogen-bond acceptors (Lipinski definition) is 12. The zero-order valence-corrected chi connectivity index (χ0v) is 19.0. The largest absolute Gasteiger partial charge is 0.469 e. The van der Waals surface area contributed by atoms with E-state index in [4.69, 9.17) is 25.1 Å². The first-order valence-electron chi connectivity index (χ1n) is 9.98. The topological polar surface area (TPSA) is 246 Å². The van der Waals surface area contributed by atoms with Gasteiger partial charge in [-0.25, -0.2) is 19.5 Å². The number of ether oxygens (including phenoxy) is 1. The van der Waals surface area contributed by atoms with E-state index in [0.717, 1.165) is 11.1 Å². The summed E-state index contributed by atoms with van der Waals surface area (Å²) in [5, 5.41) is 41.0. The van der Waals surface area contributed by atoms with E-state index in [1.54, 1.807) is 25.4 Å². The molecular formula is C18H23N6O10P. The molecule has 35 heavy (non-hydrogen) atoms. The van der Waals surface area contributed by atoms with Crippen LogP contribution >= 0.6 is 7.82 Å². The van der Waals surface area contributed by atoms with Crippen LogP contribution in [0.5, 0.6) is 0 Å². The number of aromatic amines is 1. The minimum Gasteiger partial charge on any atom is -0.387 e. The number of anilines is 1. The summed E-state index contributed by atoms with van der Waals surface area (Å²) < 4.78 is 18.9. The van der Waals surface area contributed by atoms with E-state index in [1.165, 1.54) is 12.4 Å². The van der Waals surface area contributed by atoms with Crippen LogP contribution < -0.4 is 5.32 Å². The van der Waals surface area contributed by atoms with Crippen LogP contribution in [0.4, 0.5) is 11.5 Å². The van der Waals surface area contributed by atoms with Gasteiger partial charge in [0.15, 0.2) is 17.8 Å². The molecule has 0 aliphatic carbocycles. The molecule has 1 aromatic carbocycles. The number of fused-ring (bicyclic) bond motifs is 1. The number of nitrogens with one attached hydrogen (secondary N) is 2. The summed E-state index contributed by atoms with van der Waals surface area (Å²) in [6.07, 6.45) is -2.67. The number of nitro groups is 1. The van der Waals surface area contributed by atoms with E-state index in [-0.39, 0.29) is 10.6 Å². The van der Waals surface area contributed by atoms with Crippen molar-refractivity contribution in [2.75, 3.05) is 11.9 Å². The first-order chi connectivity index (χ1) is 16.5. The zero-order valence-electron chi connectivity index (χ0n) is 18.1. The second-order valence-electron chi connectivity index (χ2n) is 7.39. The van der Waals surface area contributed by atoms with E-state index < -0.39 is 39.0 Å². The maximum Gasteiger partial charge on any atom is 0.469 e. The van der Waals surface area contributed by atoms with Crippen molar-refractivity contribution in [3.63, 3.8) is 0 Å². The number of phosphoric acid groups is 1. The van der Waals surface area contributed by atoms with Crippen molar-refractivity contribution in [2.24, 2.45) is 0 Å². The van der Waals surface area contributed by atoms with Crippen molar-refractivity contribution in [1.82, 2.24) is 19.9 Å². The van der Waals surface area contributed by atoms with Crippen molar-refractivity contribution >= 4 is 30.5 Å². The SMILES string of the molecule is Cc1cc(CNc2ncnc3nc[nH]c23)ccc1[N+](=O)[O-].O=P(O)(O)OC[C@H]1OC(O)[C@H](O)[C@@H]1O. The number of aliphatic hydroxyl groups excluding tert-OH is 3. The first-order valence-corrected chi connectivity index (χ1v) is 11.5. The van der Waals surface area contributed by atoms with Crippen molar-refractivity contribution < 1.29 is 43.9 Å². The lowest BCUT2D eigenvalue weighted by molar-refractivity contribution is -0.385. The number of rotatable bonds is 7. The predicted molar refractivity (Wildman–Crippen MR) is 118 cm³/mol. The van der Waals surface area contributed by atoms with Gasteiger partial charge in [-0.15, -0.1) is 0 Å². The first kappa shape index (κ1) is 26.5. The summed E-state index contributed by atoms with van der Waals surface area (Å²) in [5.74, 6) is 0.647. The highest BCUT2D eigenvalue weighted by atomic mass is 31.2. The molecule has 17 heteroatoms. The molecule has 1 fully saturated rings. The standard InChI is InChI=1S/C13H12N6O2.C5H11O8P/c1-8-4-9(2-3-10(8)19(20)21)5-14-12-11-13(16-6-15-11)18-7-17-12;6-3-2(1-12-14(9,10)11)13-5(8)4(3)7/h2-4,6-7H,5H2,1H3,(H2,14,15,16,17,18);2-8H,1H2,(H2,9,10,11)/t;2-,3-,4-,5?/m.1/s1. The number of aliphatic hydroxyl groups is 3. The summed E-state index contributed by atoms with van der Waals surface area (Å²) in [6, 6.07) is 5.03. The molecule has 3 aromatic rings. The summed E-state index contributed by atoms with van der Waals surface area (Å²) in [5.41, 5.74) is 3.01. The third-order valence-corrected chi connectivity index (χ3v) is 5.37. The lowest BCUT2D eigenvalue weighted by Gasteiger charge is -2.14. The van der Waals surface area contributed by atoms with Gasteiger partial charge in [-0.05, 0) is 18.6 Å². The van der Waals surface area contributed by atoms with Crippen LogP contribution in [0.25, 0.3) is 11.2 Å². The Kier molecular flexibility index (Phi) is 8.42. The highest BCUT2D eigenvalue weighted by molar-refractivity contribution is 7.46. The number of phosphoric ester groups is 1. The van der Waals surface area contributed by atoms with Crippen LogP contribution in [0.2, 0.25) is 0 Å². The Morgan fingerprint density at radius 3 is 2.57 bits per heavy atom. The molecule has 0 saturated carbocycles. The van der Waals surface area contributed by atoms with E-state index in [2.05, 4.69) is 34.5 Å². The third kappa shape index (κ3) is 6.97. The van der Waals surface area contributed by atoms with E-state index >= 15 is 0 Å². The highest BCUT2D eigenvalue weighted by Crippen LogP contribution is 2.37. The minimum absolute atomic E-state index is 0.122. The molecule has 0 spiro atoms. The van der Waals surface area contributed by atoms with E-state index in [0.29, 0.717) is 23.6 Å². The van der Waals surface area contributed by atoms with Gasteiger partial charge in [-0.1, -0.05) is 6.07 Å². The smallest absolute Gasteiger partial charge is 0.387 e. The maximum absolute atomic E-state index is 10.8. The van der Waals surface area contributed by atoms with Crippen LogP contribution in [-0.4, -0.2) is 81.2 Å². The Labute approximate surface area is 197 Å². The number of nitro benzene ring substituents is 1. The fourth-order valence-electron chi connectivity index (χ4n) is 3.15. The molecule has 4 rings (SSSR count). The fourth-order valence-corrected chi connectivity index (χ4v) is 3.50. The Bertz CT molecular complexity index is 1220. The van der Waals surface area contributed by atoms with Gasteiger partial charge in [-0.3, -0.25) is 14.6 Å². The number of nitrogens with zero attached hydrogens (tertiary/aromatic N) is 4. The molecule has 1 aliphatic rings. The van der Waals surface area contributed by atoms with Gasteiger partial charge >= 0.3 is 7.82 Å². The van der Waals surface area contributed by atoms with Crippen LogP contribution in [-0.2, 0) is 20.4 Å². The Morgan fingerprint density at radius 1 is 1.23 bits per heavy atom. The molecule has 0 radical (unpaired) electrons. The quantitative estimate of drug-likeness (QED) is 0.122. The van der Waals surface area contributed by atoms with Crippen LogP contribution in [0.1, 0.15) is 11.1 Å². The lowest BCUT2D eigenvalue weighted by Crippen LogP contribution is -2.34. The number of hydrogen-bond donors (Lipinski definition) is 7. The van der Waals surface area contributed by atoms with Gasteiger partial charge in [-0.2, -0.15) is 0 Å². The molecule has 0 amide bonds. The Hall–Kier alpha value is -3.08. The highest BCUT2D eigenvalue weighted by Gasteiger charge is 2.42. The molecule has 2 aromatic heterocycles. The zero-order chi connectivity index (χ0) is 25.8. The second-order valence-corrected chi connectivity index (χ2v) is 8.63. The van der Waals surface area contributed by atoms with Crippen molar-refractivity contribution in [3.05, 3.63) is 52.1 Å². The van der Waals surface area contributed by atoms with Crippen molar-refractivity contribution in [3.8, 4) is 0 Å². The minimum atomic E-state index is -4.64. The van der Waals surface area contributed by atoms with Crippen molar-refractivity contribution in [2.45, 2.75) is 38.1 Å². The van der Waals surface area contributed by atoms with Crippen LogP contribution in [0.15, 0.2) is 30.9 Å². The average molecular weight is 514 g/mol. The molecule has 1 unspecified atom stereocenters. The molecule has 0 bridgehead atoms. The van der Waals surface area contributed by atoms with Gasteiger partial charge < -0.3 is 40.1 Å². The number of aromatic nitrogens is 4. The number of H-pyrrole nitrogens is 1. The molecular weight excluding hydrogens is 491 g/mol. The number of benzene rings is 1. The molecule has 7 N–H and O–H groups in total. The van der Waals surface area contributed by atoms with Gasteiger partial charge in [0, 0.05) is 18.2 Å². The maximum atomic E-state index is 10.8. The van der Waals surface area contributed by atoms with E-state index in [9.17, 15) is 14.7 Å². The second kappa shape index (κ2) is 11.1. The summed E-state index contributed by atoms with van der Waals surface area (Å²) in [7, 11) is -4.64. The monoisotopic (exact) mass is 514 g/mol. The number of aryl methyl sites for hydroxylation is 1. The third-order valence-electron chi connectivity index (χ3n) is 4.89. The van der Waals surface area contributed by atoms with Gasteiger partial charge in [0.25, 0.3) is 5.69 Å². The Balaban J connectivity index is 0.000000214. The summed E-state index contributed by atoms with van der Waals surface area (Å²) in [4.78, 5) is 42.3. The lowest BCUT2D eigenvalue weighted by atomic mass is 10.1. The average Bonchev–Trinajstić information content (AvgIpc) is 3.37. The predicted octanol–water partition coefficient (Wildman–Crippen LogP) is -0.284. The van der Waals surface area contributed by atoms with Crippen LogP contribution in [0.3, 0.4) is 0 Å². The normalized spacial score (nSPS) is 22.0. The summed E-state index contributed by atoms with van der Waals surface area (Å²) in [6.45, 7) is 1.61. The molecule has 4 atom stereocenters. The van der Waals surface area contributed by atoms with Gasteiger partial charge in [0.1, 0.15) is 30.2 Å². The Morgan fingerprint density at radius 2 is 1.97 bits per heavy atom. The molecule has 190 valence electrons. The molecule has 1 aliphatic heterocycles. The fraction of sp³-hybridized carbons (Fsp3) is 0.389. The van der Waals surface area contributed by atoms with Gasteiger partial charge in [0.2, 0.25) is 0 Å². The van der Waals surface area contributed by atoms with Crippen LogP contribution in [0, 0.1) is 17.0 Å². The molecule has 3 heterocycles. The summed E-state index contributed by atoms with van der Waals surface area (Å²) >= 11 is 0. The molecule has 1 saturated heterocycles. The number of imidazole rings is 1. The van der Waals surface area contributed by atoms with E-state index in [1.807, 2.05) is 0 Å². The van der Waals surface area contributed by atoms with Crippen molar-refractivity contribution in [1.29, 1.82) is 0 Å².